The fraction of sp³-hybridized carbons (Fsp3) is 0.250. The molecule has 8 rings (SSSR count). The van der Waals surface area contributed by atoms with Gasteiger partial charge in [0.1, 0.15) is 11.4 Å². The molecule has 0 unspecified atom stereocenters. The van der Waals surface area contributed by atoms with Crippen LogP contribution in [-0.2, 0) is 9.59 Å². The molecule has 2 fully saturated rings. The first-order chi connectivity index (χ1) is 35.2. The summed E-state index contributed by atoms with van der Waals surface area (Å²) in [7, 11) is 0. The number of amides is 4. The van der Waals surface area contributed by atoms with E-state index >= 15 is 0 Å². The minimum atomic E-state index is -0.483. The molecular formula is C56H54N8O8S. The first kappa shape index (κ1) is 51.1. The van der Waals surface area contributed by atoms with Crippen molar-refractivity contribution in [3.05, 3.63) is 188 Å². The van der Waals surface area contributed by atoms with Crippen LogP contribution in [0.15, 0.2) is 144 Å². The molecule has 0 atom stereocenters. The molecule has 73 heavy (non-hydrogen) atoms. The van der Waals surface area contributed by atoms with E-state index < -0.39 is 9.85 Å². The zero-order chi connectivity index (χ0) is 51.8. The smallest absolute Gasteiger partial charge is 0.291 e. The molecule has 6 aromatic rings. The number of rotatable bonds is 14. The highest BCUT2D eigenvalue weighted by molar-refractivity contribution is 7.99. The van der Waals surface area contributed by atoms with Crippen molar-refractivity contribution >= 4 is 58.9 Å². The van der Waals surface area contributed by atoms with Gasteiger partial charge in [0.25, 0.3) is 23.2 Å². The number of carbonyl (C=O) groups excluding carboxylic acids is 4. The van der Waals surface area contributed by atoms with Crippen molar-refractivity contribution < 1.29 is 29.0 Å². The zero-order valence-corrected chi connectivity index (χ0v) is 41.7. The molecular weight excluding hydrogens is 945 g/mol. The number of pyridine rings is 2. The fourth-order valence-electron chi connectivity index (χ4n) is 9.22. The highest BCUT2D eigenvalue weighted by Gasteiger charge is 2.32. The van der Waals surface area contributed by atoms with Crippen molar-refractivity contribution in [1.82, 2.24) is 29.6 Å². The van der Waals surface area contributed by atoms with E-state index in [9.17, 15) is 39.4 Å². The van der Waals surface area contributed by atoms with Gasteiger partial charge >= 0.3 is 0 Å². The Kier molecular flexibility index (Phi) is 16.0. The van der Waals surface area contributed by atoms with Crippen LogP contribution in [0.5, 0.6) is 0 Å². The van der Waals surface area contributed by atoms with Gasteiger partial charge in [-0.3, -0.25) is 49.4 Å². The topological polar surface area (TPSA) is 193 Å². The summed E-state index contributed by atoms with van der Waals surface area (Å²) in [6.07, 6.45) is 9.01. The summed E-state index contributed by atoms with van der Waals surface area (Å²) in [5.41, 5.74) is 4.17. The van der Waals surface area contributed by atoms with Gasteiger partial charge in [0.15, 0.2) is 0 Å². The summed E-state index contributed by atoms with van der Waals surface area (Å²) in [5.74, 6) is -1.21. The van der Waals surface area contributed by atoms with Gasteiger partial charge in [0.05, 0.1) is 30.8 Å². The molecule has 0 aliphatic carbocycles. The summed E-state index contributed by atoms with van der Waals surface area (Å²) in [4.78, 5) is 94.8. The number of nitro benzene ring substituents is 2. The van der Waals surface area contributed by atoms with Crippen molar-refractivity contribution in [2.24, 2.45) is 0 Å². The summed E-state index contributed by atoms with van der Waals surface area (Å²) in [5, 5.41) is 27.1. The standard InChI is InChI=1S/C56H54N8O8S/c1-37(2)41-13-5-7-15-43(41)51-39(21-25-49(65)59-29-33-61(34-30-59)55(67)45-17-9-11-27-57-45)19-23-47(53(51)63(69)70)73-48-24-20-40(52(54(48)64(71)72)44-16-8-6-14-42(44)38(3)4)22-26-50(66)60-31-35-62(36-32-60)56(68)46-18-10-12-28-58-46/h5-28,37-38H,29-36H2,1-4H3. The average molecular weight is 999 g/mol. The van der Waals surface area contributed by atoms with E-state index in [0.29, 0.717) is 59.8 Å². The van der Waals surface area contributed by atoms with E-state index in [1.54, 1.807) is 129 Å². The third-order valence-electron chi connectivity index (χ3n) is 13.0. The molecule has 17 heteroatoms. The lowest BCUT2D eigenvalue weighted by atomic mass is 9.89. The minimum Gasteiger partial charge on any atom is -0.336 e. The average Bonchev–Trinajstić information content (AvgIpc) is 3.41. The highest BCUT2D eigenvalue weighted by atomic mass is 32.2. The summed E-state index contributed by atoms with van der Waals surface area (Å²) in [6.45, 7) is 10.3. The molecule has 372 valence electrons. The third kappa shape index (κ3) is 11.4. The molecule has 0 spiro atoms. The van der Waals surface area contributed by atoms with Crippen molar-refractivity contribution in [2.45, 2.75) is 49.3 Å². The number of aromatic nitrogens is 2. The molecule has 2 aromatic heterocycles. The van der Waals surface area contributed by atoms with Gasteiger partial charge in [-0.25, -0.2) is 0 Å². The second-order valence-corrected chi connectivity index (χ2v) is 19.3. The van der Waals surface area contributed by atoms with Gasteiger partial charge in [-0.05, 0) is 93.8 Å². The van der Waals surface area contributed by atoms with E-state index in [2.05, 4.69) is 9.97 Å². The van der Waals surface area contributed by atoms with Gasteiger partial charge in [0, 0.05) is 76.9 Å². The van der Waals surface area contributed by atoms with E-state index in [4.69, 9.17) is 0 Å². The maximum Gasteiger partial charge on any atom is 0.291 e. The minimum absolute atomic E-state index is 0.0567. The SMILES string of the molecule is CC(C)c1ccccc1-c1c(C=CC(=O)N2CCN(C(=O)c3ccccn3)CC2)ccc(Sc2ccc(C=CC(=O)N3CCN(C(=O)c4ccccn4)CC3)c(-c3ccccc3C(C)C)c2[N+](=O)[O-])c1[N+](=O)[O-]. The monoisotopic (exact) mass is 998 g/mol. The molecule has 0 radical (unpaired) electrons. The number of piperazine rings is 2. The lowest BCUT2D eigenvalue weighted by Gasteiger charge is -2.34. The van der Waals surface area contributed by atoms with Crippen LogP contribution in [0.1, 0.15) is 82.8 Å². The Bertz CT molecular complexity index is 2920. The van der Waals surface area contributed by atoms with E-state index in [1.807, 2.05) is 52.0 Å². The summed E-state index contributed by atoms with van der Waals surface area (Å²) < 4.78 is 0. The normalized spacial score (nSPS) is 14.1. The maximum atomic E-state index is 13.7. The Balaban J connectivity index is 1.14. The molecule has 4 amide bonds. The molecule has 0 N–H and O–H groups in total. The Morgan fingerprint density at radius 3 is 1.21 bits per heavy atom. The van der Waals surface area contributed by atoms with Gasteiger partial charge in [-0.1, -0.05) is 112 Å². The van der Waals surface area contributed by atoms with Crippen LogP contribution in [0.2, 0.25) is 0 Å². The van der Waals surface area contributed by atoms with E-state index in [1.165, 1.54) is 12.2 Å². The summed E-state index contributed by atoms with van der Waals surface area (Å²) in [6, 6.07) is 31.4. The predicted molar refractivity (Wildman–Crippen MR) is 281 cm³/mol. The van der Waals surface area contributed by atoms with Crippen molar-refractivity contribution in [3.63, 3.8) is 0 Å². The molecule has 0 saturated carbocycles. The largest absolute Gasteiger partial charge is 0.336 e. The molecule has 0 bridgehead atoms. The molecule has 2 aliphatic rings. The molecule has 4 heterocycles. The number of nitro groups is 2. The zero-order valence-electron chi connectivity index (χ0n) is 40.9. The quantitative estimate of drug-likeness (QED) is 0.0573. The van der Waals surface area contributed by atoms with Crippen LogP contribution in [-0.4, -0.2) is 115 Å². The third-order valence-corrected chi connectivity index (χ3v) is 14.1. The highest BCUT2D eigenvalue weighted by Crippen LogP contribution is 2.50. The number of hydrogen-bond acceptors (Lipinski definition) is 11. The van der Waals surface area contributed by atoms with Crippen LogP contribution >= 0.6 is 11.8 Å². The van der Waals surface area contributed by atoms with Crippen LogP contribution in [0.3, 0.4) is 0 Å². The first-order valence-electron chi connectivity index (χ1n) is 24.1. The van der Waals surface area contributed by atoms with Crippen LogP contribution in [0, 0.1) is 20.2 Å². The first-order valence-corrected chi connectivity index (χ1v) is 24.9. The van der Waals surface area contributed by atoms with Crippen LogP contribution in [0.4, 0.5) is 11.4 Å². The summed E-state index contributed by atoms with van der Waals surface area (Å²) >= 11 is 0.902. The second-order valence-electron chi connectivity index (χ2n) is 18.2. The lowest BCUT2D eigenvalue weighted by molar-refractivity contribution is -0.387. The molecule has 16 nitrogen and oxygen atoms in total. The number of nitrogens with zero attached hydrogens (tertiary/aromatic N) is 8. The van der Waals surface area contributed by atoms with E-state index in [-0.39, 0.29) is 93.9 Å². The van der Waals surface area contributed by atoms with Gasteiger partial charge in [-0.15, -0.1) is 0 Å². The van der Waals surface area contributed by atoms with Crippen molar-refractivity contribution in [2.75, 3.05) is 52.4 Å². The predicted octanol–water partition coefficient (Wildman–Crippen LogP) is 10.0. The number of benzene rings is 4. The lowest BCUT2D eigenvalue weighted by Crippen LogP contribution is -2.50. The Labute approximate surface area is 427 Å². The van der Waals surface area contributed by atoms with Gasteiger partial charge in [-0.2, -0.15) is 0 Å². The number of carbonyl (C=O) groups is 4. The molecule has 2 aliphatic heterocycles. The second kappa shape index (κ2) is 22.8. The Morgan fingerprint density at radius 2 is 0.863 bits per heavy atom. The number of hydrogen-bond donors (Lipinski definition) is 0. The van der Waals surface area contributed by atoms with Crippen LogP contribution < -0.4 is 0 Å². The van der Waals surface area contributed by atoms with Crippen molar-refractivity contribution in [1.29, 1.82) is 0 Å². The Morgan fingerprint density at radius 1 is 0.507 bits per heavy atom. The Hall–Kier alpha value is -8.31. The fourth-order valence-corrected chi connectivity index (χ4v) is 10.3. The van der Waals surface area contributed by atoms with Gasteiger partial charge < -0.3 is 19.6 Å². The van der Waals surface area contributed by atoms with Gasteiger partial charge in [0.2, 0.25) is 11.8 Å². The van der Waals surface area contributed by atoms with Crippen molar-refractivity contribution in [3.8, 4) is 22.3 Å². The molecule has 4 aromatic carbocycles. The maximum absolute atomic E-state index is 13.7. The molecule has 2 saturated heterocycles. The van der Waals surface area contributed by atoms with Crippen LogP contribution in [0.25, 0.3) is 34.4 Å². The van der Waals surface area contributed by atoms with E-state index in [0.717, 1.165) is 22.9 Å².